The Morgan fingerprint density at radius 1 is 1.25 bits per heavy atom. The molecule has 0 N–H and O–H groups in total. The summed E-state index contributed by atoms with van der Waals surface area (Å²) in [4.78, 5) is 0. The third kappa shape index (κ3) is 3.62. The first-order chi connectivity index (χ1) is 7.45. The van der Waals surface area contributed by atoms with Gasteiger partial charge in [0.05, 0.1) is 10.6 Å². The van der Waals surface area contributed by atoms with Gasteiger partial charge in [0.1, 0.15) is 0 Å². The molecule has 0 aromatic heterocycles. The van der Waals surface area contributed by atoms with Gasteiger partial charge in [0.15, 0.2) is 0 Å². The molecule has 0 aliphatic carbocycles. The second kappa shape index (κ2) is 5.47. The molecule has 0 saturated carbocycles. The molecule has 86 valence electrons. The van der Waals surface area contributed by atoms with Gasteiger partial charge in [-0.2, -0.15) is 13.2 Å². The number of hydrogen-bond donors (Lipinski definition) is 0. The fourth-order valence-corrected chi connectivity index (χ4v) is 1.42. The molecule has 16 heavy (non-hydrogen) atoms. The quantitative estimate of drug-likeness (QED) is 0.524. The lowest BCUT2D eigenvalue weighted by atomic mass is 10.1. The van der Waals surface area contributed by atoms with E-state index >= 15 is 0 Å². The Balaban J connectivity index is 2.97. The van der Waals surface area contributed by atoms with Crippen molar-refractivity contribution in [1.29, 1.82) is 0 Å². The molecular formula is C11H7Cl2F3. The van der Waals surface area contributed by atoms with Crippen molar-refractivity contribution >= 4 is 23.2 Å². The van der Waals surface area contributed by atoms with Crippen molar-refractivity contribution in [1.82, 2.24) is 0 Å². The predicted molar refractivity (Wildman–Crippen MR) is 58.7 cm³/mol. The zero-order valence-electron chi connectivity index (χ0n) is 8.04. The zero-order valence-corrected chi connectivity index (χ0v) is 9.55. The number of rotatable bonds is 1. The molecule has 1 rings (SSSR count). The van der Waals surface area contributed by atoms with Gasteiger partial charge in [0.2, 0.25) is 0 Å². The molecule has 0 nitrogen and oxygen atoms in total. The van der Waals surface area contributed by atoms with Crippen LogP contribution in [0.4, 0.5) is 13.2 Å². The Hall–Kier alpha value is -0.850. The lowest BCUT2D eigenvalue weighted by Gasteiger charge is -2.08. The summed E-state index contributed by atoms with van der Waals surface area (Å²) in [6.45, 7) is 0. The largest absolute Gasteiger partial charge is 0.417 e. The number of hydrogen-bond acceptors (Lipinski definition) is 0. The lowest BCUT2D eigenvalue weighted by molar-refractivity contribution is -0.137. The first-order valence-electron chi connectivity index (χ1n) is 4.36. The van der Waals surface area contributed by atoms with Gasteiger partial charge < -0.3 is 0 Å². The fourth-order valence-electron chi connectivity index (χ4n) is 1.03. The maximum Gasteiger partial charge on any atom is 0.417 e. The molecule has 0 unspecified atom stereocenters. The van der Waals surface area contributed by atoms with Gasteiger partial charge in [0.25, 0.3) is 0 Å². The summed E-state index contributed by atoms with van der Waals surface area (Å²) >= 11 is 10.9. The Kier molecular flexibility index (Phi) is 4.52. The second-order valence-corrected chi connectivity index (χ2v) is 3.72. The first-order valence-corrected chi connectivity index (χ1v) is 5.28. The van der Waals surface area contributed by atoms with E-state index in [4.69, 9.17) is 23.2 Å². The maximum atomic E-state index is 12.3. The van der Waals surface area contributed by atoms with Crippen molar-refractivity contribution in [2.45, 2.75) is 12.6 Å². The molecule has 0 saturated heterocycles. The average Bonchev–Trinajstić information content (AvgIpc) is 2.16. The van der Waals surface area contributed by atoms with Gasteiger partial charge in [-0.15, -0.1) is 11.6 Å². The van der Waals surface area contributed by atoms with E-state index < -0.39 is 11.7 Å². The Morgan fingerprint density at radius 3 is 2.44 bits per heavy atom. The van der Waals surface area contributed by atoms with Crippen LogP contribution in [0.5, 0.6) is 0 Å². The van der Waals surface area contributed by atoms with Crippen molar-refractivity contribution < 1.29 is 13.2 Å². The summed E-state index contributed by atoms with van der Waals surface area (Å²) in [6.07, 6.45) is -3.95. The van der Waals surface area contributed by atoms with Crippen LogP contribution in [0.25, 0.3) is 0 Å². The number of halogens is 5. The molecule has 5 heteroatoms. The summed E-state index contributed by atoms with van der Waals surface area (Å²) < 4.78 is 37.0. The molecule has 0 heterocycles. The molecule has 1 aromatic rings. The lowest BCUT2D eigenvalue weighted by Crippen LogP contribution is -2.05. The standard InChI is InChI=1S/C11H7Cl2F3/c12-6-2-1-3-8-4-5-9(10(13)7-8)11(14,15)16/h4-5,7H,2,6H2. The predicted octanol–water partition coefficient (Wildman–Crippen LogP) is 4.34. The van der Waals surface area contributed by atoms with Crippen LogP contribution in [0.15, 0.2) is 18.2 Å². The monoisotopic (exact) mass is 266 g/mol. The third-order valence-corrected chi connectivity index (χ3v) is 2.23. The molecule has 0 aliphatic rings. The third-order valence-electron chi connectivity index (χ3n) is 1.73. The molecule has 0 bridgehead atoms. The highest BCUT2D eigenvalue weighted by Crippen LogP contribution is 2.34. The van der Waals surface area contributed by atoms with E-state index in [2.05, 4.69) is 11.8 Å². The van der Waals surface area contributed by atoms with E-state index in [-0.39, 0.29) is 5.02 Å². The van der Waals surface area contributed by atoms with Gasteiger partial charge in [0, 0.05) is 17.9 Å². The summed E-state index contributed by atoms with van der Waals surface area (Å²) in [7, 11) is 0. The van der Waals surface area contributed by atoms with E-state index in [1.807, 2.05) is 0 Å². The minimum Gasteiger partial charge on any atom is -0.166 e. The van der Waals surface area contributed by atoms with Crippen LogP contribution < -0.4 is 0 Å². The van der Waals surface area contributed by atoms with Crippen LogP contribution >= 0.6 is 23.2 Å². The SMILES string of the molecule is FC(F)(F)c1ccc(C#CCCCl)cc1Cl. The van der Waals surface area contributed by atoms with Gasteiger partial charge >= 0.3 is 6.18 Å². The average molecular weight is 267 g/mol. The van der Waals surface area contributed by atoms with Crippen LogP contribution in [0.1, 0.15) is 17.5 Å². The van der Waals surface area contributed by atoms with Crippen molar-refractivity contribution in [2.24, 2.45) is 0 Å². The van der Waals surface area contributed by atoms with E-state index in [1.165, 1.54) is 12.1 Å². The molecule has 0 fully saturated rings. The van der Waals surface area contributed by atoms with Crippen molar-refractivity contribution in [3.63, 3.8) is 0 Å². The first kappa shape index (κ1) is 13.2. The molecular weight excluding hydrogens is 260 g/mol. The van der Waals surface area contributed by atoms with Crippen LogP contribution in [-0.2, 0) is 6.18 Å². The zero-order chi connectivity index (χ0) is 12.2. The molecule has 0 amide bonds. The van der Waals surface area contributed by atoms with E-state index in [0.29, 0.717) is 17.9 Å². The van der Waals surface area contributed by atoms with Crippen molar-refractivity contribution in [2.75, 3.05) is 5.88 Å². The summed E-state index contributed by atoms with van der Waals surface area (Å²) in [5, 5.41) is -0.342. The minimum absolute atomic E-state index is 0.342. The van der Waals surface area contributed by atoms with Gasteiger partial charge in [-0.3, -0.25) is 0 Å². The van der Waals surface area contributed by atoms with Crippen LogP contribution in [-0.4, -0.2) is 5.88 Å². The maximum absolute atomic E-state index is 12.3. The smallest absolute Gasteiger partial charge is 0.166 e. The van der Waals surface area contributed by atoms with Crippen LogP contribution in [0.2, 0.25) is 5.02 Å². The number of benzene rings is 1. The summed E-state index contributed by atoms with van der Waals surface area (Å²) in [5.41, 5.74) is -0.403. The van der Waals surface area contributed by atoms with Crippen LogP contribution in [0.3, 0.4) is 0 Å². The van der Waals surface area contributed by atoms with Crippen molar-refractivity contribution in [3.8, 4) is 11.8 Å². The summed E-state index contributed by atoms with van der Waals surface area (Å²) in [5.74, 6) is 5.78. The van der Waals surface area contributed by atoms with E-state index in [1.54, 1.807) is 0 Å². The minimum atomic E-state index is -4.43. The highest BCUT2D eigenvalue weighted by atomic mass is 35.5. The number of alkyl halides is 4. The topological polar surface area (TPSA) is 0 Å². The van der Waals surface area contributed by atoms with Crippen molar-refractivity contribution in [3.05, 3.63) is 34.3 Å². The molecule has 0 atom stereocenters. The highest BCUT2D eigenvalue weighted by molar-refractivity contribution is 6.31. The van der Waals surface area contributed by atoms with Gasteiger partial charge in [-0.1, -0.05) is 23.4 Å². The Labute approximate surface area is 101 Å². The van der Waals surface area contributed by atoms with Crippen LogP contribution in [0, 0.1) is 11.8 Å². The Bertz CT molecular complexity index is 427. The summed E-state index contributed by atoms with van der Waals surface area (Å²) in [6, 6.07) is 3.41. The molecule has 0 radical (unpaired) electrons. The second-order valence-electron chi connectivity index (χ2n) is 2.93. The normalized spacial score (nSPS) is 10.8. The molecule has 0 spiro atoms. The van der Waals surface area contributed by atoms with Gasteiger partial charge in [-0.05, 0) is 18.2 Å². The van der Waals surface area contributed by atoms with Gasteiger partial charge in [-0.25, -0.2) is 0 Å². The van der Waals surface area contributed by atoms with E-state index in [9.17, 15) is 13.2 Å². The van der Waals surface area contributed by atoms with E-state index in [0.717, 1.165) is 6.07 Å². The molecule has 0 aliphatic heterocycles. The molecule has 1 aromatic carbocycles. The fraction of sp³-hybridized carbons (Fsp3) is 0.273. The Morgan fingerprint density at radius 2 is 1.94 bits per heavy atom. The highest BCUT2D eigenvalue weighted by Gasteiger charge is 2.32.